The van der Waals surface area contributed by atoms with Crippen LogP contribution in [0.5, 0.6) is 0 Å². The van der Waals surface area contributed by atoms with Crippen molar-refractivity contribution in [2.24, 2.45) is 4.99 Å². The van der Waals surface area contributed by atoms with Crippen LogP contribution in [-0.2, 0) is 22.5 Å². The summed E-state index contributed by atoms with van der Waals surface area (Å²) in [5.74, 6) is 0.766. The van der Waals surface area contributed by atoms with Crippen LogP contribution in [0, 0.1) is 0 Å². The Labute approximate surface area is 192 Å². The van der Waals surface area contributed by atoms with E-state index in [0.29, 0.717) is 12.5 Å². The van der Waals surface area contributed by atoms with E-state index in [-0.39, 0.29) is 36.4 Å². The number of ether oxygens (including phenoxy) is 1. The molecule has 0 radical (unpaired) electrons. The molecular formula is C21H36IN5O2. The van der Waals surface area contributed by atoms with E-state index in [0.717, 1.165) is 52.2 Å². The monoisotopic (exact) mass is 517 g/mol. The molecule has 0 aromatic heterocycles. The van der Waals surface area contributed by atoms with Crippen LogP contribution in [0.1, 0.15) is 24.5 Å². The number of amides is 1. The number of carbonyl (C=O) groups is 1. The van der Waals surface area contributed by atoms with E-state index < -0.39 is 0 Å². The average Bonchev–Trinajstić information content (AvgIpc) is 2.71. The van der Waals surface area contributed by atoms with Crippen LogP contribution in [0.25, 0.3) is 0 Å². The highest BCUT2D eigenvalue weighted by Gasteiger charge is 2.19. The Balaban J connectivity index is 0.00000420. The third-order valence-electron chi connectivity index (χ3n) is 4.87. The smallest absolute Gasteiger partial charge is 0.244 e. The molecule has 1 aliphatic heterocycles. The van der Waals surface area contributed by atoms with Gasteiger partial charge in [-0.15, -0.1) is 24.0 Å². The topological polar surface area (TPSA) is 69.2 Å². The molecule has 29 heavy (non-hydrogen) atoms. The minimum Gasteiger partial charge on any atom is -0.385 e. The molecule has 1 aliphatic rings. The molecule has 1 aromatic carbocycles. The zero-order valence-corrected chi connectivity index (χ0v) is 20.3. The number of hydrogen-bond donors (Lipinski definition) is 2. The Morgan fingerprint density at radius 2 is 2.00 bits per heavy atom. The fourth-order valence-corrected chi connectivity index (χ4v) is 3.25. The van der Waals surface area contributed by atoms with Crippen LogP contribution in [0.3, 0.4) is 0 Å². The third kappa shape index (κ3) is 9.31. The van der Waals surface area contributed by atoms with Gasteiger partial charge in [0.25, 0.3) is 0 Å². The molecule has 0 atom stereocenters. The summed E-state index contributed by atoms with van der Waals surface area (Å²) in [6, 6.07) is 8.34. The van der Waals surface area contributed by atoms with E-state index in [4.69, 9.17) is 4.74 Å². The highest BCUT2D eigenvalue weighted by Crippen LogP contribution is 2.18. The van der Waals surface area contributed by atoms with E-state index in [2.05, 4.69) is 45.8 Å². The normalized spacial score (nSPS) is 13.7. The van der Waals surface area contributed by atoms with Crippen LogP contribution in [0.4, 0.5) is 0 Å². The van der Waals surface area contributed by atoms with Crippen molar-refractivity contribution in [3.05, 3.63) is 35.4 Å². The summed E-state index contributed by atoms with van der Waals surface area (Å²) in [6.45, 7) is 7.87. The molecule has 1 amide bonds. The highest BCUT2D eigenvalue weighted by molar-refractivity contribution is 14.0. The van der Waals surface area contributed by atoms with Crippen molar-refractivity contribution < 1.29 is 9.53 Å². The van der Waals surface area contributed by atoms with Gasteiger partial charge >= 0.3 is 0 Å². The molecule has 7 nitrogen and oxygen atoms in total. The van der Waals surface area contributed by atoms with Crippen LogP contribution < -0.4 is 10.6 Å². The minimum absolute atomic E-state index is 0. The number of nitrogens with zero attached hydrogens (tertiary/aromatic N) is 3. The summed E-state index contributed by atoms with van der Waals surface area (Å²) < 4.78 is 5.08. The van der Waals surface area contributed by atoms with Crippen LogP contribution in [0.15, 0.2) is 29.3 Å². The van der Waals surface area contributed by atoms with Gasteiger partial charge in [-0.3, -0.25) is 4.79 Å². The van der Waals surface area contributed by atoms with Gasteiger partial charge in [0.15, 0.2) is 5.96 Å². The Morgan fingerprint density at radius 1 is 1.24 bits per heavy atom. The van der Waals surface area contributed by atoms with Crippen LogP contribution in [-0.4, -0.2) is 81.7 Å². The van der Waals surface area contributed by atoms with Gasteiger partial charge in [-0.05, 0) is 37.9 Å². The summed E-state index contributed by atoms with van der Waals surface area (Å²) in [6.07, 6.45) is 1.94. The molecular weight excluding hydrogens is 481 g/mol. The second-order valence-electron chi connectivity index (χ2n) is 7.11. The number of guanidine groups is 1. The maximum absolute atomic E-state index is 12.6. The lowest BCUT2D eigenvalue weighted by molar-refractivity contribution is -0.130. The largest absolute Gasteiger partial charge is 0.385 e. The summed E-state index contributed by atoms with van der Waals surface area (Å²) in [5.41, 5.74) is 2.59. The van der Waals surface area contributed by atoms with Crippen molar-refractivity contribution >= 4 is 35.8 Å². The predicted molar refractivity (Wildman–Crippen MR) is 129 cm³/mol. The third-order valence-corrected chi connectivity index (χ3v) is 4.87. The number of carbonyl (C=O) groups excluding carboxylic acids is 1. The van der Waals surface area contributed by atoms with Crippen molar-refractivity contribution in [3.8, 4) is 0 Å². The van der Waals surface area contributed by atoms with Gasteiger partial charge in [-0.2, -0.15) is 0 Å². The molecule has 0 fully saturated rings. The van der Waals surface area contributed by atoms with E-state index in [1.165, 1.54) is 11.1 Å². The first-order valence-corrected chi connectivity index (χ1v) is 10.2. The van der Waals surface area contributed by atoms with Gasteiger partial charge in [0, 0.05) is 53.0 Å². The lowest BCUT2D eigenvalue weighted by Gasteiger charge is -2.28. The minimum atomic E-state index is 0. The molecule has 2 N–H and O–H groups in total. The lowest BCUT2D eigenvalue weighted by Crippen LogP contribution is -2.42. The first kappa shape index (κ1) is 25.6. The SMILES string of the molecule is CCNC(=NCC(=O)N1CCc2ccccc2C1)NCCN(C)CCCOC.I. The molecule has 0 unspecified atom stereocenters. The van der Waals surface area contributed by atoms with Gasteiger partial charge in [-0.25, -0.2) is 4.99 Å². The molecule has 0 spiro atoms. The first-order valence-electron chi connectivity index (χ1n) is 10.2. The molecule has 1 aromatic rings. The fraction of sp³-hybridized carbons (Fsp3) is 0.619. The van der Waals surface area contributed by atoms with E-state index in [1.807, 2.05) is 17.9 Å². The Bertz CT molecular complexity index is 641. The van der Waals surface area contributed by atoms with Crippen molar-refractivity contribution in [2.75, 3.05) is 60.0 Å². The van der Waals surface area contributed by atoms with E-state index >= 15 is 0 Å². The molecule has 8 heteroatoms. The maximum atomic E-state index is 12.6. The number of rotatable bonds is 10. The first-order chi connectivity index (χ1) is 13.6. The average molecular weight is 517 g/mol. The fourth-order valence-electron chi connectivity index (χ4n) is 3.25. The number of likely N-dealkylation sites (N-methyl/N-ethyl adjacent to an activating group) is 1. The summed E-state index contributed by atoms with van der Waals surface area (Å²) in [5, 5.41) is 6.52. The molecule has 0 aliphatic carbocycles. The van der Waals surface area contributed by atoms with Crippen molar-refractivity contribution in [3.63, 3.8) is 0 Å². The number of methoxy groups -OCH3 is 1. The van der Waals surface area contributed by atoms with Crippen LogP contribution >= 0.6 is 24.0 Å². The zero-order valence-electron chi connectivity index (χ0n) is 17.9. The van der Waals surface area contributed by atoms with E-state index in [9.17, 15) is 4.79 Å². The molecule has 0 bridgehead atoms. The number of hydrogen-bond acceptors (Lipinski definition) is 4. The molecule has 0 saturated heterocycles. The van der Waals surface area contributed by atoms with Gasteiger partial charge in [0.05, 0.1) is 0 Å². The number of nitrogens with one attached hydrogen (secondary N) is 2. The van der Waals surface area contributed by atoms with Crippen molar-refractivity contribution in [1.82, 2.24) is 20.4 Å². The number of halogens is 1. The lowest BCUT2D eigenvalue weighted by atomic mass is 10.00. The zero-order chi connectivity index (χ0) is 20.2. The van der Waals surface area contributed by atoms with Crippen LogP contribution in [0.2, 0.25) is 0 Å². The van der Waals surface area contributed by atoms with Gasteiger partial charge < -0.3 is 25.2 Å². The quantitative estimate of drug-likeness (QED) is 0.214. The number of aliphatic imine (C=N–C) groups is 1. The maximum Gasteiger partial charge on any atom is 0.244 e. The van der Waals surface area contributed by atoms with Gasteiger partial charge in [0.2, 0.25) is 5.91 Å². The molecule has 164 valence electrons. The summed E-state index contributed by atoms with van der Waals surface area (Å²) in [4.78, 5) is 21.2. The summed E-state index contributed by atoms with van der Waals surface area (Å²) >= 11 is 0. The molecule has 0 saturated carbocycles. The highest BCUT2D eigenvalue weighted by atomic mass is 127. The predicted octanol–water partition coefficient (Wildman–Crippen LogP) is 1.71. The Hall–Kier alpha value is -1.39. The molecule has 1 heterocycles. The Morgan fingerprint density at radius 3 is 2.72 bits per heavy atom. The summed E-state index contributed by atoms with van der Waals surface area (Å²) in [7, 11) is 3.82. The van der Waals surface area contributed by atoms with Gasteiger partial charge in [0.1, 0.15) is 6.54 Å². The standard InChI is InChI=1S/C21H35N5O2.HI/c1-4-22-21(23-11-14-25(2)12-7-15-28-3)24-16-20(27)26-13-10-18-8-5-6-9-19(18)17-26;/h5-6,8-9H,4,7,10-17H2,1-3H3,(H2,22,23,24);1H. The van der Waals surface area contributed by atoms with Crippen molar-refractivity contribution in [2.45, 2.75) is 26.3 Å². The molecule has 2 rings (SSSR count). The number of fused-ring (bicyclic) bond motifs is 1. The second-order valence-corrected chi connectivity index (χ2v) is 7.11. The van der Waals surface area contributed by atoms with Gasteiger partial charge in [-0.1, -0.05) is 24.3 Å². The second kappa shape index (κ2) is 14.6. The Kier molecular flexibility index (Phi) is 12.9. The van der Waals surface area contributed by atoms with Crippen molar-refractivity contribution in [1.29, 1.82) is 0 Å². The van der Waals surface area contributed by atoms with E-state index in [1.54, 1.807) is 7.11 Å². The number of benzene rings is 1.